The minimum atomic E-state index is 0.629. The van der Waals surface area contributed by atoms with Crippen LogP contribution in [0, 0.1) is 6.92 Å². The summed E-state index contributed by atoms with van der Waals surface area (Å²) in [4.78, 5) is 0. The summed E-state index contributed by atoms with van der Waals surface area (Å²) >= 11 is 0. The summed E-state index contributed by atoms with van der Waals surface area (Å²) in [6.45, 7) is 11.2. The molecule has 0 aliphatic heterocycles. The SMILES string of the molecule is CCCCc1c(C)c(CCC)c(O)c(CCCC)c1CCCC. The molecular formula is C22H38O. The van der Waals surface area contributed by atoms with Crippen LogP contribution in [0.25, 0.3) is 0 Å². The van der Waals surface area contributed by atoms with Gasteiger partial charge in [-0.05, 0) is 79.7 Å². The zero-order valence-corrected chi connectivity index (χ0v) is 16.2. The summed E-state index contributed by atoms with van der Waals surface area (Å²) in [5.41, 5.74) is 6.94. The third-order valence-electron chi connectivity index (χ3n) is 5.05. The summed E-state index contributed by atoms with van der Waals surface area (Å²) in [6, 6.07) is 0. The van der Waals surface area contributed by atoms with Gasteiger partial charge in [-0.2, -0.15) is 0 Å². The van der Waals surface area contributed by atoms with Crippen molar-refractivity contribution in [3.8, 4) is 5.75 Å². The lowest BCUT2D eigenvalue weighted by molar-refractivity contribution is 0.456. The van der Waals surface area contributed by atoms with Gasteiger partial charge in [0.2, 0.25) is 0 Å². The van der Waals surface area contributed by atoms with Crippen LogP contribution in [0.4, 0.5) is 0 Å². The van der Waals surface area contributed by atoms with Gasteiger partial charge in [-0.1, -0.05) is 53.4 Å². The molecule has 1 rings (SSSR count). The molecule has 0 fully saturated rings. The lowest BCUT2D eigenvalue weighted by atomic mass is 9.83. The molecule has 0 unspecified atom stereocenters. The van der Waals surface area contributed by atoms with Crippen molar-refractivity contribution in [1.82, 2.24) is 0 Å². The molecule has 132 valence electrons. The van der Waals surface area contributed by atoms with Crippen molar-refractivity contribution in [1.29, 1.82) is 0 Å². The molecule has 0 aromatic heterocycles. The number of rotatable bonds is 11. The number of phenols is 1. The Morgan fingerprint density at radius 2 is 1.04 bits per heavy atom. The summed E-state index contributed by atoms with van der Waals surface area (Å²) < 4.78 is 0. The van der Waals surface area contributed by atoms with E-state index < -0.39 is 0 Å². The first kappa shape index (κ1) is 20.1. The van der Waals surface area contributed by atoms with Gasteiger partial charge in [-0.25, -0.2) is 0 Å². The molecule has 1 aromatic carbocycles. The molecule has 0 atom stereocenters. The molecule has 1 N–H and O–H groups in total. The van der Waals surface area contributed by atoms with Gasteiger partial charge in [0.1, 0.15) is 5.75 Å². The number of unbranched alkanes of at least 4 members (excludes halogenated alkanes) is 3. The average Bonchev–Trinajstić information content (AvgIpc) is 2.55. The molecule has 0 saturated carbocycles. The van der Waals surface area contributed by atoms with Crippen LogP contribution < -0.4 is 0 Å². The number of hydrogen-bond donors (Lipinski definition) is 1. The van der Waals surface area contributed by atoms with E-state index in [4.69, 9.17) is 0 Å². The predicted octanol–water partition coefficient (Wildman–Crippen LogP) is 6.68. The van der Waals surface area contributed by atoms with Crippen LogP contribution in [-0.2, 0) is 25.7 Å². The molecule has 23 heavy (non-hydrogen) atoms. The van der Waals surface area contributed by atoms with Crippen molar-refractivity contribution in [2.45, 2.75) is 105 Å². The van der Waals surface area contributed by atoms with Crippen molar-refractivity contribution >= 4 is 0 Å². The highest BCUT2D eigenvalue weighted by molar-refractivity contribution is 5.55. The number of aromatic hydroxyl groups is 1. The largest absolute Gasteiger partial charge is 0.507 e. The van der Waals surface area contributed by atoms with Crippen LogP contribution in [0.3, 0.4) is 0 Å². The highest BCUT2D eigenvalue weighted by Gasteiger charge is 2.20. The monoisotopic (exact) mass is 318 g/mol. The van der Waals surface area contributed by atoms with Crippen LogP contribution in [-0.4, -0.2) is 5.11 Å². The fourth-order valence-corrected chi connectivity index (χ4v) is 3.62. The van der Waals surface area contributed by atoms with Crippen LogP contribution in [0.2, 0.25) is 0 Å². The molecule has 1 heteroatoms. The van der Waals surface area contributed by atoms with Crippen LogP contribution in [0.15, 0.2) is 0 Å². The molecule has 1 nitrogen and oxygen atoms in total. The molecule has 0 amide bonds. The van der Waals surface area contributed by atoms with Crippen LogP contribution in [0.5, 0.6) is 5.75 Å². The molecule has 0 aliphatic carbocycles. The Morgan fingerprint density at radius 3 is 1.52 bits per heavy atom. The minimum absolute atomic E-state index is 0.629. The quantitative estimate of drug-likeness (QED) is 0.482. The second-order valence-corrected chi connectivity index (χ2v) is 6.95. The van der Waals surface area contributed by atoms with Crippen LogP contribution >= 0.6 is 0 Å². The van der Waals surface area contributed by atoms with Gasteiger partial charge in [-0.3, -0.25) is 0 Å². The third-order valence-corrected chi connectivity index (χ3v) is 5.05. The summed E-state index contributed by atoms with van der Waals surface area (Å²) in [7, 11) is 0. The van der Waals surface area contributed by atoms with Gasteiger partial charge in [-0.15, -0.1) is 0 Å². The highest BCUT2D eigenvalue weighted by Crippen LogP contribution is 2.36. The molecule has 0 aliphatic rings. The molecule has 0 radical (unpaired) electrons. The first-order chi connectivity index (χ1) is 11.1. The van der Waals surface area contributed by atoms with Crippen LogP contribution in [0.1, 0.15) is 100 Å². The lowest BCUT2D eigenvalue weighted by Gasteiger charge is -2.23. The van der Waals surface area contributed by atoms with E-state index in [1.807, 2.05) is 0 Å². The Hall–Kier alpha value is -0.980. The Labute approximate surface area is 144 Å². The van der Waals surface area contributed by atoms with Crippen molar-refractivity contribution in [2.24, 2.45) is 0 Å². The van der Waals surface area contributed by atoms with E-state index in [1.54, 1.807) is 5.56 Å². The van der Waals surface area contributed by atoms with Gasteiger partial charge in [0, 0.05) is 0 Å². The minimum Gasteiger partial charge on any atom is -0.507 e. The Kier molecular flexibility index (Phi) is 9.36. The van der Waals surface area contributed by atoms with Gasteiger partial charge in [0.25, 0.3) is 0 Å². The van der Waals surface area contributed by atoms with E-state index >= 15 is 0 Å². The van der Waals surface area contributed by atoms with E-state index in [0.29, 0.717) is 5.75 Å². The maximum atomic E-state index is 11.0. The predicted molar refractivity (Wildman–Crippen MR) is 103 cm³/mol. The van der Waals surface area contributed by atoms with Gasteiger partial charge >= 0.3 is 0 Å². The summed E-state index contributed by atoms with van der Waals surface area (Å²) in [6.07, 6.45) is 12.8. The first-order valence-corrected chi connectivity index (χ1v) is 9.97. The second kappa shape index (κ2) is 10.7. The zero-order chi connectivity index (χ0) is 17.2. The number of hydrogen-bond acceptors (Lipinski definition) is 1. The second-order valence-electron chi connectivity index (χ2n) is 6.95. The number of phenolic OH excluding ortho intramolecular Hbond substituents is 1. The van der Waals surface area contributed by atoms with E-state index in [0.717, 1.165) is 25.7 Å². The van der Waals surface area contributed by atoms with E-state index in [-0.39, 0.29) is 0 Å². The fraction of sp³-hybridized carbons (Fsp3) is 0.727. The summed E-state index contributed by atoms with van der Waals surface area (Å²) in [5, 5.41) is 11.0. The van der Waals surface area contributed by atoms with E-state index in [9.17, 15) is 5.11 Å². The van der Waals surface area contributed by atoms with E-state index in [1.165, 1.54) is 67.2 Å². The Morgan fingerprint density at radius 1 is 0.565 bits per heavy atom. The van der Waals surface area contributed by atoms with Crippen molar-refractivity contribution < 1.29 is 5.11 Å². The molecule has 0 spiro atoms. The smallest absolute Gasteiger partial charge is 0.122 e. The first-order valence-electron chi connectivity index (χ1n) is 9.97. The van der Waals surface area contributed by atoms with Crippen molar-refractivity contribution in [3.63, 3.8) is 0 Å². The normalized spacial score (nSPS) is 11.2. The Balaban J connectivity index is 3.43. The zero-order valence-electron chi connectivity index (χ0n) is 16.2. The van der Waals surface area contributed by atoms with Gasteiger partial charge in [0.15, 0.2) is 0 Å². The Bertz CT molecular complexity index is 438. The van der Waals surface area contributed by atoms with E-state index in [2.05, 4.69) is 34.6 Å². The highest BCUT2D eigenvalue weighted by atomic mass is 16.3. The molecule has 0 bridgehead atoms. The molecule has 0 heterocycles. The van der Waals surface area contributed by atoms with Gasteiger partial charge < -0.3 is 5.11 Å². The molecule has 1 aromatic rings. The summed E-state index contributed by atoms with van der Waals surface area (Å²) in [5.74, 6) is 0.629. The molecular weight excluding hydrogens is 280 g/mol. The van der Waals surface area contributed by atoms with Crippen molar-refractivity contribution in [3.05, 3.63) is 27.8 Å². The molecule has 0 saturated heterocycles. The maximum Gasteiger partial charge on any atom is 0.122 e. The maximum absolute atomic E-state index is 11.0. The average molecular weight is 319 g/mol. The van der Waals surface area contributed by atoms with Crippen molar-refractivity contribution in [2.75, 3.05) is 0 Å². The lowest BCUT2D eigenvalue weighted by Crippen LogP contribution is -2.08. The fourth-order valence-electron chi connectivity index (χ4n) is 3.62. The van der Waals surface area contributed by atoms with Gasteiger partial charge in [0.05, 0.1) is 0 Å². The number of benzene rings is 1. The topological polar surface area (TPSA) is 20.2 Å². The standard InChI is InChI=1S/C22H38O/c1-6-10-14-18-17(5)19(13-9-4)22(23)21(16-12-8-3)20(18)15-11-7-2/h23H,6-16H2,1-5H3. The third kappa shape index (κ3) is 5.26.